The summed E-state index contributed by atoms with van der Waals surface area (Å²) in [5.74, 6) is -0.0269. The van der Waals surface area contributed by atoms with Crippen LogP contribution in [0, 0.1) is 11.3 Å². The number of H-pyrrole nitrogens is 1. The highest BCUT2D eigenvalue weighted by Crippen LogP contribution is 2.37. The summed E-state index contributed by atoms with van der Waals surface area (Å²) in [6.07, 6.45) is 6.15. The van der Waals surface area contributed by atoms with Gasteiger partial charge in [-0.25, -0.2) is 0 Å². The Morgan fingerprint density at radius 2 is 1.90 bits per heavy atom. The number of rotatable bonds is 4. The van der Waals surface area contributed by atoms with Crippen LogP contribution in [-0.2, 0) is 6.54 Å². The lowest BCUT2D eigenvalue weighted by atomic mass is 9.96. The zero-order valence-electron chi connectivity index (χ0n) is 16.3. The second-order valence-electron chi connectivity index (χ2n) is 8.26. The van der Waals surface area contributed by atoms with Gasteiger partial charge in [-0.3, -0.25) is 9.69 Å². The second-order valence-corrected chi connectivity index (χ2v) is 8.26. The first kappa shape index (κ1) is 18.0. The fraction of sp³-hybridized carbons (Fsp3) is 0.333. The molecule has 0 saturated carbocycles. The zero-order chi connectivity index (χ0) is 19.8. The molecule has 5 heteroatoms. The monoisotopic (exact) mass is 384 g/mol. The van der Waals surface area contributed by atoms with Crippen LogP contribution in [0.2, 0.25) is 0 Å². The molecule has 29 heavy (non-hydrogen) atoms. The quantitative estimate of drug-likeness (QED) is 0.715. The van der Waals surface area contributed by atoms with Gasteiger partial charge in [-0.05, 0) is 43.4 Å². The summed E-state index contributed by atoms with van der Waals surface area (Å²) in [5.41, 5.74) is 3.44. The van der Waals surface area contributed by atoms with E-state index in [4.69, 9.17) is 5.26 Å². The fourth-order valence-corrected chi connectivity index (χ4v) is 5.07. The van der Waals surface area contributed by atoms with Gasteiger partial charge < -0.3 is 10.3 Å². The standard InChI is InChI=1S/C24H24N4O/c25-13-18-14-26-23-10-17(6-9-22(18)23)24(29)27-19-11-20-7-8-21(12-19)28(20)15-16-4-2-1-3-5-16/h1-6,9-10,14,19-21,26H,7-8,11-12,15H2,(H,27,29)/t19?,20-,21+. The molecule has 1 amide bonds. The minimum atomic E-state index is -0.0269. The predicted octanol–water partition coefficient (Wildman–Crippen LogP) is 3.96. The van der Waals surface area contributed by atoms with E-state index in [0.717, 1.165) is 30.3 Å². The maximum atomic E-state index is 12.8. The average molecular weight is 384 g/mol. The van der Waals surface area contributed by atoms with Crippen molar-refractivity contribution in [1.82, 2.24) is 15.2 Å². The molecule has 0 spiro atoms. The van der Waals surface area contributed by atoms with Gasteiger partial charge in [0.25, 0.3) is 5.91 Å². The molecule has 2 saturated heterocycles. The van der Waals surface area contributed by atoms with Crippen molar-refractivity contribution in [1.29, 1.82) is 5.26 Å². The predicted molar refractivity (Wildman–Crippen MR) is 112 cm³/mol. The van der Waals surface area contributed by atoms with Crippen molar-refractivity contribution in [3.05, 3.63) is 71.4 Å². The minimum Gasteiger partial charge on any atom is -0.360 e. The van der Waals surface area contributed by atoms with Crippen molar-refractivity contribution < 1.29 is 4.79 Å². The zero-order valence-corrected chi connectivity index (χ0v) is 16.3. The number of nitrogens with one attached hydrogen (secondary N) is 2. The van der Waals surface area contributed by atoms with E-state index in [0.29, 0.717) is 23.2 Å². The molecule has 146 valence electrons. The van der Waals surface area contributed by atoms with Gasteiger partial charge in [0, 0.05) is 47.3 Å². The van der Waals surface area contributed by atoms with Crippen molar-refractivity contribution in [2.24, 2.45) is 0 Å². The number of fused-ring (bicyclic) bond motifs is 3. The highest BCUT2D eigenvalue weighted by atomic mass is 16.1. The second kappa shape index (κ2) is 7.38. The highest BCUT2D eigenvalue weighted by molar-refractivity contribution is 5.99. The van der Waals surface area contributed by atoms with Crippen molar-refractivity contribution in [2.75, 3.05) is 0 Å². The van der Waals surface area contributed by atoms with E-state index in [2.05, 4.69) is 51.6 Å². The Balaban J connectivity index is 1.25. The average Bonchev–Trinajstić information content (AvgIpc) is 3.25. The number of carbonyl (C=O) groups is 1. The Morgan fingerprint density at radius 3 is 2.62 bits per heavy atom. The molecule has 2 N–H and O–H groups in total. The normalized spacial score (nSPS) is 23.8. The number of benzene rings is 2. The number of amides is 1. The largest absolute Gasteiger partial charge is 0.360 e. The number of carbonyl (C=O) groups excluding carboxylic acids is 1. The van der Waals surface area contributed by atoms with Crippen LogP contribution in [0.5, 0.6) is 0 Å². The number of hydrogen-bond donors (Lipinski definition) is 2. The third-order valence-electron chi connectivity index (χ3n) is 6.49. The molecule has 5 nitrogen and oxygen atoms in total. The molecule has 3 heterocycles. The summed E-state index contributed by atoms with van der Waals surface area (Å²) in [6, 6.07) is 19.6. The summed E-state index contributed by atoms with van der Waals surface area (Å²) in [4.78, 5) is 18.5. The van der Waals surface area contributed by atoms with E-state index in [1.165, 1.54) is 18.4 Å². The lowest BCUT2D eigenvalue weighted by Crippen LogP contribution is -2.49. The maximum absolute atomic E-state index is 12.8. The molecule has 0 aliphatic carbocycles. The summed E-state index contributed by atoms with van der Waals surface area (Å²) in [5, 5.41) is 13.3. The third kappa shape index (κ3) is 3.41. The molecule has 2 aliphatic heterocycles. The van der Waals surface area contributed by atoms with Crippen LogP contribution in [0.15, 0.2) is 54.7 Å². The first-order valence-corrected chi connectivity index (χ1v) is 10.3. The maximum Gasteiger partial charge on any atom is 0.251 e. The van der Waals surface area contributed by atoms with E-state index >= 15 is 0 Å². The molecule has 2 aliphatic rings. The molecule has 5 rings (SSSR count). The molecule has 1 unspecified atom stereocenters. The summed E-state index contributed by atoms with van der Waals surface area (Å²) in [7, 11) is 0. The lowest BCUT2D eigenvalue weighted by molar-refractivity contribution is 0.0828. The number of aromatic amines is 1. The first-order valence-electron chi connectivity index (χ1n) is 10.3. The first-order chi connectivity index (χ1) is 14.2. The molecular formula is C24H24N4O. The summed E-state index contributed by atoms with van der Waals surface area (Å²) >= 11 is 0. The van der Waals surface area contributed by atoms with Crippen LogP contribution < -0.4 is 5.32 Å². The van der Waals surface area contributed by atoms with Gasteiger partial charge in [-0.15, -0.1) is 0 Å². The molecule has 3 atom stereocenters. The number of hydrogen-bond acceptors (Lipinski definition) is 3. The smallest absolute Gasteiger partial charge is 0.251 e. The van der Waals surface area contributed by atoms with Crippen LogP contribution in [0.25, 0.3) is 10.9 Å². The van der Waals surface area contributed by atoms with Gasteiger partial charge in [-0.1, -0.05) is 36.4 Å². The molecule has 1 aromatic heterocycles. The molecule has 3 aromatic rings. The summed E-state index contributed by atoms with van der Waals surface area (Å²) < 4.78 is 0. The van der Waals surface area contributed by atoms with Crippen molar-refractivity contribution >= 4 is 16.8 Å². The van der Waals surface area contributed by atoms with E-state index in [9.17, 15) is 4.79 Å². The Kier molecular flexibility index (Phi) is 4.57. The Hall–Kier alpha value is -3.10. The van der Waals surface area contributed by atoms with Gasteiger partial charge in [-0.2, -0.15) is 5.26 Å². The number of nitrogens with zero attached hydrogens (tertiary/aromatic N) is 2. The minimum absolute atomic E-state index is 0.0269. The Morgan fingerprint density at radius 1 is 1.14 bits per heavy atom. The molecule has 0 radical (unpaired) electrons. The van der Waals surface area contributed by atoms with Crippen LogP contribution in [-0.4, -0.2) is 33.9 Å². The fourth-order valence-electron chi connectivity index (χ4n) is 5.07. The molecule has 2 bridgehead atoms. The van der Waals surface area contributed by atoms with E-state index < -0.39 is 0 Å². The number of aromatic nitrogens is 1. The van der Waals surface area contributed by atoms with Crippen molar-refractivity contribution in [3.63, 3.8) is 0 Å². The summed E-state index contributed by atoms with van der Waals surface area (Å²) in [6.45, 7) is 1.00. The van der Waals surface area contributed by atoms with Gasteiger partial charge in [0.05, 0.1) is 5.56 Å². The van der Waals surface area contributed by atoms with Crippen LogP contribution in [0.3, 0.4) is 0 Å². The van der Waals surface area contributed by atoms with Gasteiger partial charge >= 0.3 is 0 Å². The number of piperidine rings is 1. The topological polar surface area (TPSA) is 71.9 Å². The van der Waals surface area contributed by atoms with Gasteiger partial charge in [0.15, 0.2) is 0 Å². The highest BCUT2D eigenvalue weighted by Gasteiger charge is 2.40. The van der Waals surface area contributed by atoms with Crippen LogP contribution >= 0.6 is 0 Å². The molecular weight excluding hydrogens is 360 g/mol. The van der Waals surface area contributed by atoms with E-state index in [1.54, 1.807) is 6.20 Å². The van der Waals surface area contributed by atoms with Gasteiger partial charge in [0.1, 0.15) is 6.07 Å². The van der Waals surface area contributed by atoms with Crippen molar-refractivity contribution in [2.45, 2.75) is 50.4 Å². The van der Waals surface area contributed by atoms with Crippen LogP contribution in [0.4, 0.5) is 0 Å². The van der Waals surface area contributed by atoms with Crippen LogP contribution in [0.1, 0.15) is 47.2 Å². The molecule has 2 fully saturated rings. The third-order valence-corrected chi connectivity index (χ3v) is 6.49. The van der Waals surface area contributed by atoms with Gasteiger partial charge in [0.2, 0.25) is 0 Å². The van der Waals surface area contributed by atoms with E-state index in [1.807, 2.05) is 18.2 Å². The number of nitriles is 1. The SMILES string of the molecule is N#Cc1c[nH]c2cc(C(=O)NC3C[C@H]4CC[C@@H](C3)N4Cc3ccccc3)ccc12. The van der Waals surface area contributed by atoms with E-state index in [-0.39, 0.29) is 11.9 Å². The Bertz CT molecular complexity index is 1070. The molecule has 2 aromatic carbocycles. The lowest BCUT2D eigenvalue weighted by Gasteiger charge is -2.39. The van der Waals surface area contributed by atoms with Crippen molar-refractivity contribution in [3.8, 4) is 6.07 Å². The Labute approximate surface area is 170 Å².